The van der Waals surface area contributed by atoms with E-state index in [9.17, 15) is 9.59 Å². The van der Waals surface area contributed by atoms with E-state index in [0.717, 1.165) is 31.2 Å². The van der Waals surface area contributed by atoms with Crippen LogP contribution in [-0.4, -0.2) is 34.4 Å². The van der Waals surface area contributed by atoms with Gasteiger partial charge in [-0.2, -0.15) is 0 Å². The maximum Gasteiger partial charge on any atom is 0.279 e. The quantitative estimate of drug-likeness (QED) is 0.498. The molecule has 0 unspecified atom stereocenters. The first kappa shape index (κ1) is 24.4. The van der Waals surface area contributed by atoms with Crippen molar-refractivity contribution in [2.45, 2.75) is 58.0 Å². The zero-order chi connectivity index (χ0) is 24.6. The Hall–Kier alpha value is -3.74. The highest BCUT2D eigenvalue weighted by Crippen LogP contribution is 2.31. The number of carbonyl (C=O) groups excluding carboxylic acids is 2. The lowest BCUT2D eigenvalue weighted by Crippen LogP contribution is -2.47. The Morgan fingerprint density at radius 3 is 2.37 bits per heavy atom. The minimum Gasteiger partial charge on any atom is -0.494 e. The topological polar surface area (TPSA) is 84.4 Å². The molecule has 1 N–H and O–H groups in total. The van der Waals surface area contributed by atoms with Crippen LogP contribution in [0.1, 0.15) is 66.7 Å². The van der Waals surface area contributed by atoms with Gasteiger partial charge in [0.1, 0.15) is 17.5 Å². The van der Waals surface area contributed by atoms with E-state index in [1.807, 2.05) is 62.4 Å². The van der Waals surface area contributed by atoms with Crippen LogP contribution in [0.15, 0.2) is 67.1 Å². The normalized spacial score (nSPS) is 14.7. The number of ether oxygens (including phenoxy) is 1. The Balaban J connectivity index is 1.78. The Labute approximate surface area is 206 Å². The van der Waals surface area contributed by atoms with Crippen LogP contribution in [0.25, 0.3) is 0 Å². The first-order valence-electron chi connectivity index (χ1n) is 12.3. The number of nitrogens with one attached hydrogen (secondary N) is 1. The molecule has 1 atom stereocenters. The van der Waals surface area contributed by atoms with Gasteiger partial charge in [0.05, 0.1) is 12.8 Å². The lowest BCUT2D eigenvalue weighted by molar-refractivity contribution is -0.123. The van der Waals surface area contributed by atoms with E-state index in [1.165, 1.54) is 29.9 Å². The summed E-state index contributed by atoms with van der Waals surface area (Å²) in [6, 6.07) is 14.2. The van der Waals surface area contributed by atoms with Gasteiger partial charge in [0.2, 0.25) is 5.91 Å². The molecule has 1 saturated carbocycles. The number of aryl methyl sites for hydroxylation is 1. The maximum atomic E-state index is 13.9. The monoisotopic (exact) mass is 472 g/mol. The number of rotatable bonds is 8. The molecule has 0 spiro atoms. The summed E-state index contributed by atoms with van der Waals surface area (Å²) in [5, 5.41) is 3.23. The lowest BCUT2D eigenvalue weighted by atomic mass is 9.94. The van der Waals surface area contributed by atoms with Gasteiger partial charge in [0.25, 0.3) is 5.91 Å². The van der Waals surface area contributed by atoms with Gasteiger partial charge in [-0.15, -0.1) is 0 Å². The summed E-state index contributed by atoms with van der Waals surface area (Å²) in [6.45, 7) is 4.46. The number of anilines is 1. The van der Waals surface area contributed by atoms with Gasteiger partial charge in [-0.1, -0.05) is 49.1 Å². The van der Waals surface area contributed by atoms with Crippen LogP contribution in [0.4, 0.5) is 5.69 Å². The average molecular weight is 473 g/mol. The standard InChI is InChI=1S/C28H32N4O3/c1-3-35-24-15-11-21(12-16-24)26(27(33)31-22-7-5-4-6-8-22)32(23-13-9-20(2)10-14-23)28(34)25-19-29-17-18-30-25/h9-19,22,26H,3-8H2,1-2H3,(H,31,33)/t26-/m0/s1. The van der Waals surface area contributed by atoms with Crippen molar-refractivity contribution in [1.29, 1.82) is 0 Å². The second-order valence-electron chi connectivity index (χ2n) is 8.85. The zero-order valence-corrected chi connectivity index (χ0v) is 20.3. The average Bonchev–Trinajstić information content (AvgIpc) is 2.89. The molecule has 0 bridgehead atoms. The van der Waals surface area contributed by atoms with Crippen LogP contribution >= 0.6 is 0 Å². The molecule has 7 heteroatoms. The Morgan fingerprint density at radius 1 is 1.03 bits per heavy atom. The molecule has 1 aromatic heterocycles. The van der Waals surface area contributed by atoms with E-state index in [4.69, 9.17) is 4.74 Å². The number of amides is 2. The van der Waals surface area contributed by atoms with Crippen LogP contribution in [-0.2, 0) is 4.79 Å². The molecule has 2 amide bonds. The fourth-order valence-electron chi connectivity index (χ4n) is 4.48. The minimum absolute atomic E-state index is 0.105. The van der Waals surface area contributed by atoms with Gasteiger partial charge in [-0.05, 0) is 56.5 Å². The van der Waals surface area contributed by atoms with Crippen LogP contribution in [0, 0.1) is 6.92 Å². The van der Waals surface area contributed by atoms with Crippen LogP contribution in [0.5, 0.6) is 5.75 Å². The zero-order valence-electron chi connectivity index (χ0n) is 20.3. The molecular formula is C28H32N4O3. The maximum absolute atomic E-state index is 13.9. The molecule has 1 heterocycles. The third-order valence-electron chi connectivity index (χ3n) is 6.28. The summed E-state index contributed by atoms with van der Waals surface area (Å²) in [7, 11) is 0. The SMILES string of the molecule is CCOc1ccc([C@@H](C(=O)NC2CCCCC2)N(C(=O)c2cnccn2)c2ccc(C)cc2)cc1. The van der Waals surface area contributed by atoms with Gasteiger partial charge >= 0.3 is 0 Å². The molecule has 1 aliphatic carbocycles. The Bertz CT molecular complexity index is 1110. The van der Waals surface area contributed by atoms with E-state index < -0.39 is 6.04 Å². The van der Waals surface area contributed by atoms with E-state index >= 15 is 0 Å². The molecule has 7 nitrogen and oxygen atoms in total. The van der Waals surface area contributed by atoms with Gasteiger partial charge in [0.15, 0.2) is 0 Å². The molecule has 0 saturated heterocycles. The van der Waals surface area contributed by atoms with Crippen molar-refractivity contribution in [1.82, 2.24) is 15.3 Å². The molecule has 0 aliphatic heterocycles. The van der Waals surface area contributed by atoms with Crippen molar-refractivity contribution in [2.75, 3.05) is 11.5 Å². The van der Waals surface area contributed by atoms with E-state index in [-0.39, 0.29) is 23.6 Å². The molecule has 1 fully saturated rings. The van der Waals surface area contributed by atoms with Crippen molar-refractivity contribution < 1.29 is 14.3 Å². The van der Waals surface area contributed by atoms with Gasteiger partial charge in [-0.3, -0.25) is 19.5 Å². The number of benzene rings is 2. The van der Waals surface area contributed by atoms with Crippen molar-refractivity contribution in [3.05, 3.63) is 83.9 Å². The van der Waals surface area contributed by atoms with Crippen molar-refractivity contribution in [3.63, 3.8) is 0 Å². The molecule has 1 aliphatic rings. The predicted octanol–water partition coefficient (Wildman–Crippen LogP) is 5.02. The molecule has 182 valence electrons. The number of hydrogen-bond donors (Lipinski definition) is 1. The second kappa shape index (κ2) is 11.6. The molecule has 35 heavy (non-hydrogen) atoms. The summed E-state index contributed by atoms with van der Waals surface area (Å²) >= 11 is 0. The van der Waals surface area contributed by atoms with Crippen molar-refractivity contribution in [2.24, 2.45) is 0 Å². The van der Waals surface area contributed by atoms with Gasteiger partial charge in [0, 0.05) is 24.1 Å². The first-order chi connectivity index (χ1) is 17.1. The highest BCUT2D eigenvalue weighted by molar-refractivity contribution is 6.09. The molecular weight excluding hydrogens is 440 g/mol. The third-order valence-corrected chi connectivity index (χ3v) is 6.28. The van der Waals surface area contributed by atoms with Crippen molar-refractivity contribution >= 4 is 17.5 Å². The number of hydrogen-bond acceptors (Lipinski definition) is 5. The fourth-order valence-corrected chi connectivity index (χ4v) is 4.48. The largest absolute Gasteiger partial charge is 0.494 e. The van der Waals surface area contributed by atoms with Crippen molar-refractivity contribution in [3.8, 4) is 5.75 Å². The first-order valence-corrected chi connectivity index (χ1v) is 12.3. The smallest absolute Gasteiger partial charge is 0.279 e. The lowest BCUT2D eigenvalue weighted by Gasteiger charge is -2.33. The minimum atomic E-state index is -0.884. The summed E-state index contributed by atoms with van der Waals surface area (Å²) in [6.07, 6.45) is 9.71. The number of carbonyl (C=O) groups is 2. The molecule has 3 aromatic rings. The number of nitrogens with zero attached hydrogens (tertiary/aromatic N) is 3. The van der Waals surface area contributed by atoms with E-state index in [1.54, 1.807) is 0 Å². The fraction of sp³-hybridized carbons (Fsp3) is 0.357. The van der Waals surface area contributed by atoms with Crippen LogP contribution < -0.4 is 15.0 Å². The molecule has 4 rings (SSSR count). The molecule has 2 aromatic carbocycles. The van der Waals surface area contributed by atoms with Gasteiger partial charge in [-0.25, -0.2) is 4.98 Å². The molecule has 0 radical (unpaired) electrons. The van der Waals surface area contributed by atoms with E-state index in [2.05, 4.69) is 15.3 Å². The number of aromatic nitrogens is 2. The van der Waals surface area contributed by atoms with Gasteiger partial charge < -0.3 is 10.1 Å². The summed E-state index contributed by atoms with van der Waals surface area (Å²) < 4.78 is 5.60. The second-order valence-corrected chi connectivity index (χ2v) is 8.85. The summed E-state index contributed by atoms with van der Waals surface area (Å²) in [5.41, 5.74) is 2.54. The Morgan fingerprint density at radius 2 is 1.74 bits per heavy atom. The predicted molar refractivity (Wildman–Crippen MR) is 135 cm³/mol. The highest BCUT2D eigenvalue weighted by Gasteiger charge is 2.35. The summed E-state index contributed by atoms with van der Waals surface area (Å²) in [5.74, 6) is 0.114. The third kappa shape index (κ3) is 6.04. The van der Waals surface area contributed by atoms with Crippen LogP contribution in [0.3, 0.4) is 0 Å². The highest BCUT2D eigenvalue weighted by atomic mass is 16.5. The van der Waals surface area contributed by atoms with E-state index in [0.29, 0.717) is 23.6 Å². The summed E-state index contributed by atoms with van der Waals surface area (Å²) in [4.78, 5) is 37.5. The van der Waals surface area contributed by atoms with Crippen LogP contribution in [0.2, 0.25) is 0 Å². The Kier molecular flexibility index (Phi) is 8.08.